The molecule has 0 aliphatic carbocycles. The van der Waals surface area contributed by atoms with Crippen molar-refractivity contribution in [2.24, 2.45) is 0 Å². The maximum atomic E-state index is 5.34. The van der Waals surface area contributed by atoms with Crippen molar-refractivity contribution in [1.82, 2.24) is 0 Å². The zero-order chi connectivity index (χ0) is 12.1. The molecule has 88 valence electrons. The molecule has 0 unspecified atom stereocenters. The summed E-state index contributed by atoms with van der Waals surface area (Å²) < 4.78 is 10.6. The van der Waals surface area contributed by atoms with Crippen molar-refractivity contribution >= 4 is 0 Å². The van der Waals surface area contributed by atoms with E-state index in [1.54, 1.807) is 14.2 Å². The van der Waals surface area contributed by atoms with E-state index in [4.69, 9.17) is 9.47 Å². The third-order valence-electron chi connectivity index (χ3n) is 2.72. The van der Waals surface area contributed by atoms with Crippen LogP contribution in [-0.2, 0) is 6.42 Å². The van der Waals surface area contributed by atoms with Gasteiger partial charge in [0.2, 0.25) is 0 Å². The van der Waals surface area contributed by atoms with E-state index in [-0.39, 0.29) is 0 Å². The van der Waals surface area contributed by atoms with Crippen molar-refractivity contribution in [3.63, 3.8) is 0 Å². The summed E-state index contributed by atoms with van der Waals surface area (Å²) in [5, 5.41) is 0. The number of benzene rings is 2. The van der Waals surface area contributed by atoms with Gasteiger partial charge in [-0.05, 0) is 29.3 Å². The van der Waals surface area contributed by atoms with Gasteiger partial charge in [0.05, 0.1) is 14.2 Å². The SMILES string of the molecule is COc1cccc(Cc2ccccc2OC)c1. The highest BCUT2D eigenvalue weighted by Crippen LogP contribution is 2.22. The van der Waals surface area contributed by atoms with Gasteiger partial charge in [0.1, 0.15) is 11.5 Å². The molecule has 2 heteroatoms. The standard InChI is InChI=1S/C15H16O2/c1-16-14-8-5-6-12(11-14)10-13-7-3-4-9-15(13)17-2/h3-9,11H,10H2,1-2H3. The molecule has 0 N–H and O–H groups in total. The third kappa shape index (κ3) is 2.78. The van der Waals surface area contributed by atoms with Crippen LogP contribution in [0.3, 0.4) is 0 Å². The van der Waals surface area contributed by atoms with E-state index >= 15 is 0 Å². The van der Waals surface area contributed by atoms with Gasteiger partial charge in [-0.1, -0.05) is 30.3 Å². The highest BCUT2D eigenvalue weighted by molar-refractivity contribution is 5.39. The molecule has 0 amide bonds. The first-order chi connectivity index (χ1) is 8.33. The fourth-order valence-electron chi connectivity index (χ4n) is 1.85. The molecule has 2 aromatic carbocycles. The van der Waals surface area contributed by atoms with Crippen molar-refractivity contribution in [3.8, 4) is 11.5 Å². The monoisotopic (exact) mass is 228 g/mol. The number of hydrogen-bond acceptors (Lipinski definition) is 2. The normalized spacial score (nSPS) is 10.0. The molecule has 0 saturated heterocycles. The predicted molar refractivity (Wildman–Crippen MR) is 68.8 cm³/mol. The number of ether oxygens (including phenoxy) is 2. The van der Waals surface area contributed by atoms with Gasteiger partial charge in [-0.15, -0.1) is 0 Å². The largest absolute Gasteiger partial charge is 0.497 e. The molecule has 0 aliphatic heterocycles. The van der Waals surface area contributed by atoms with Gasteiger partial charge in [0.15, 0.2) is 0 Å². The maximum Gasteiger partial charge on any atom is 0.122 e. The minimum atomic E-state index is 0.848. The fourth-order valence-corrected chi connectivity index (χ4v) is 1.85. The molecule has 0 aromatic heterocycles. The number of para-hydroxylation sites is 1. The minimum Gasteiger partial charge on any atom is -0.497 e. The van der Waals surface area contributed by atoms with Crippen LogP contribution in [0.15, 0.2) is 48.5 Å². The lowest BCUT2D eigenvalue weighted by atomic mass is 10.0. The maximum absolute atomic E-state index is 5.34. The summed E-state index contributed by atoms with van der Waals surface area (Å²) in [5.41, 5.74) is 2.40. The molecule has 2 aromatic rings. The summed E-state index contributed by atoms with van der Waals surface area (Å²) in [6, 6.07) is 16.2. The van der Waals surface area contributed by atoms with Crippen molar-refractivity contribution in [2.75, 3.05) is 14.2 Å². The van der Waals surface area contributed by atoms with E-state index in [1.165, 1.54) is 11.1 Å². The van der Waals surface area contributed by atoms with Gasteiger partial charge in [-0.2, -0.15) is 0 Å². The average Bonchev–Trinajstić information content (AvgIpc) is 2.39. The summed E-state index contributed by atoms with van der Waals surface area (Å²) in [5.74, 6) is 1.81. The number of rotatable bonds is 4. The summed E-state index contributed by atoms with van der Waals surface area (Å²) >= 11 is 0. The Morgan fingerprint density at radius 1 is 0.882 bits per heavy atom. The topological polar surface area (TPSA) is 18.5 Å². The molecule has 0 heterocycles. The second-order valence-electron chi connectivity index (χ2n) is 3.84. The molecule has 2 nitrogen and oxygen atoms in total. The van der Waals surface area contributed by atoms with Crippen LogP contribution < -0.4 is 9.47 Å². The summed E-state index contributed by atoms with van der Waals surface area (Å²) in [4.78, 5) is 0. The van der Waals surface area contributed by atoms with Crippen molar-refractivity contribution in [2.45, 2.75) is 6.42 Å². The Kier molecular flexibility index (Phi) is 3.66. The number of methoxy groups -OCH3 is 2. The molecule has 0 bridgehead atoms. The average molecular weight is 228 g/mol. The molecule has 0 saturated carbocycles. The van der Waals surface area contributed by atoms with Crippen LogP contribution in [-0.4, -0.2) is 14.2 Å². The summed E-state index contributed by atoms with van der Waals surface area (Å²) in [7, 11) is 3.38. The molecule has 0 aliphatic rings. The van der Waals surface area contributed by atoms with E-state index < -0.39 is 0 Å². The zero-order valence-electron chi connectivity index (χ0n) is 10.1. The Balaban J connectivity index is 2.24. The first-order valence-electron chi connectivity index (χ1n) is 5.58. The van der Waals surface area contributed by atoms with Crippen LogP contribution in [0, 0.1) is 0 Å². The first kappa shape index (κ1) is 11.5. The van der Waals surface area contributed by atoms with E-state index in [0.29, 0.717) is 0 Å². The molecule has 2 rings (SSSR count). The fraction of sp³-hybridized carbons (Fsp3) is 0.200. The summed E-state index contributed by atoms with van der Waals surface area (Å²) in [6.07, 6.45) is 0.848. The molecule has 0 fully saturated rings. The van der Waals surface area contributed by atoms with Gasteiger partial charge < -0.3 is 9.47 Å². The molecular weight excluding hydrogens is 212 g/mol. The lowest BCUT2D eigenvalue weighted by molar-refractivity contribution is 0.410. The van der Waals surface area contributed by atoms with Crippen molar-refractivity contribution < 1.29 is 9.47 Å². The zero-order valence-corrected chi connectivity index (χ0v) is 10.1. The predicted octanol–water partition coefficient (Wildman–Crippen LogP) is 3.29. The van der Waals surface area contributed by atoms with Gasteiger partial charge >= 0.3 is 0 Å². The van der Waals surface area contributed by atoms with E-state index in [2.05, 4.69) is 12.1 Å². The van der Waals surface area contributed by atoms with Gasteiger partial charge in [0.25, 0.3) is 0 Å². The second-order valence-corrected chi connectivity index (χ2v) is 3.84. The van der Waals surface area contributed by atoms with E-state index in [1.807, 2.05) is 36.4 Å². The molecule has 17 heavy (non-hydrogen) atoms. The smallest absolute Gasteiger partial charge is 0.122 e. The molecule has 0 spiro atoms. The lowest BCUT2D eigenvalue weighted by Gasteiger charge is -2.09. The minimum absolute atomic E-state index is 0.848. The van der Waals surface area contributed by atoms with Crippen LogP contribution in [0.5, 0.6) is 11.5 Å². The Morgan fingerprint density at radius 2 is 1.71 bits per heavy atom. The molecule has 0 atom stereocenters. The van der Waals surface area contributed by atoms with E-state index in [0.717, 1.165) is 17.9 Å². The third-order valence-corrected chi connectivity index (χ3v) is 2.72. The Labute approximate surface area is 102 Å². The lowest BCUT2D eigenvalue weighted by Crippen LogP contribution is -1.94. The van der Waals surface area contributed by atoms with Crippen molar-refractivity contribution in [3.05, 3.63) is 59.7 Å². The summed E-state index contributed by atoms with van der Waals surface area (Å²) in [6.45, 7) is 0. The first-order valence-corrected chi connectivity index (χ1v) is 5.58. The second kappa shape index (κ2) is 5.39. The van der Waals surface area contributed by atoms with Crippen LogP contribution >= 0.6 is 0 Å². The quantitative estimate of drug-likeness (QED) is 0.799. The highest BCUT2D eigenvalue weighted by Gasteiger charge is 2.03. The molecular formula is C15H16O2. The van der Waals surface area contributed by atoms with Gasteiger partial charge in [0, 0.05) is 6.42 Å². The highest BCUT2D eigenvalue weighted by atomic mass is 16.5. The Hall–Kier alpha value is -1.96. The van der Waals surface area contributed by atoms with E-state index in [9.17, 15) is 0 Å². The van der Waals surface area contributed by atoms with Crippen LogP contribution in [0.25, 0.3) is 0 Å². The van der Waals surface area contributed by atoms with Crippen LogP contribution in [0.1, 0.15) is 11.1 Å². The number of hydrogen-bond donors (Lipinski definition) is 0. The molecule has 0 radical (unpaired) electrons. The van der Waals surface area contributed by atoms with Crippen LogP contribution in [0.2, 0.25) is 0 Å². The van der Waals surface area contributed by atoms with Gasteiger partial charge in [-0.3, -0.25) is 0 Å². The Morgan fingerprint density at radius 3 is 2.47 bits per heavy atom. The van der Waals surface area contributed by atoms with Crippen LogP contribution in [0.4, 0.5) is 0 Å². The Bertz CT molecular complexity index is 492. The van der Waals surface area contributed by atoms with Gasteiger partial charge in [-0.25, -0.2) is 0 Å². The van der Waals surface area contributed by atoms with Crippen molar-refractivity contribution in [1.29, 1.82) is 0 Å².